The summed E-state index contributed by atoms with van der Waals surface area (Å²) in [6, 6.07) is -0.0836. The molecule has 2 bridgehead atoms. The summed E-state index contributed by atoms with van der Waals surface area (Å²) >= 11 is 0. The number of fused-ring (bicyclic) bond motifs is 9. The van der Waals surface area contributed by atoms with Crippen LogP contribution in [0.3, 0.4) is 0 Å². The van der Waals surface area contributed by atoms with Gasteiger partial charge in [0.15, 0.2) is 5.78 Å². The minimum Gasteiger partial charge on any atom is -0.462 e. The molecule has 2 aliphatic heterocycles. The highest BCUT2D eigenvalue weighted by molar-refractivity contribution is 6.07. The summed E-state index contributed by atoms with van der Waals surface area (Å²) in [5, 5.41) is 0. The van der Waals surface area contributed by atoms with Crippen molar-refractivity contribution in [3.05, 3.63) is 11.1 Å². The van der Waals surface area contributed by atoms with Gasteiger partial charge in [-0.2, -0.15) is 0 Å². The summed E-state index contributed by atoms with van der Waals surface area (Å²) in [6.45, 7) is 24.8. The molecular formula is C43H66N2O6. The van der Waals surface area contributed by atoms with E-state index in [4.69, 9.17) is 9.47 Å². The fourth-order valence-corrected chi connectivity index (χ4v) is 14.2. The largest absolute Gasteiger partial charge is 0.462 e. The van der Waals surface area contributed by atoms with Crippen molar-refractivity contribution in [3.63, 3.8) is 0 Å². The number of Topliss-reactive ketones (excluding diaryl/α,β-unsaturated/α-hetero) is 1. The second-order valence-corrected chi connectivity index (χ2v) is 20.7. The first-order chi connectivity index (χ1) is 23.6. The number of piperazine rings is 1. The highest BCUT2D eigenvalue weighted by Gasteiger charge is 2.71. The lowest BCUT2D eigenvalue weighted by Gasteiger charge is -2.72. The fourth-order valence-electron chi connectivity index (χ4n) is 14.2. The normalized spacial score (nSPS) is 42.9. The Kier molecular flexibility index (Phi) is 8.56. The number of likely N-dealkylation sites (tertiary alicyclic amines) is 1. The maximum atomic E-state index is 15.4. The van der Waals surface area contributed by atoms with Gasteiger partial charge in [0.05, 0.1) is 5.41 Å². The third kappa shape index (κ3) is 5.23. The van der Waals surface area contributed by atoms with E-state index in [1.165, 1.54) is 5.57 Å². The van der Waals surface area contributed by atoms with Crippen LogP contribution in [0.2, 0.25) is 0 Å². The molecule has 6 fully saturated rings. The van der Waals surface area contributed by atoms with E-state index >= 15 is 4.79 Å². The van der Waals surface area contributed by atoms with Crippen LogP contribution in [0, 0.1) is 50.7 Å². The molecule has 0 radical (unpaired) electrons. The van der Waals surface area contributed by atoms with E-state index < -0.39 is 11.0 Å². The summed E-state index contributed by atoms with van der Waals surface area (Å²) in [4.78, 5) is 58.8. The summed E-state index contributed by atoms with van der Waals surface area (Å²) in [7, 11) is 0. The van der Waals surface area contributed by atoms with Crippen molar-refractivity contribution in [1.29, 1.82) is 0 Å². The Morgan fingerprint density at radius 1 is 0.804 bits per heavy atom. The van der Waals surface area contributed by atoms with Crippen molar-refractivity contribution in [2.24, 2.45) is 50.7 Å². The summed E-state index contributed by atoms with van der Waals surface area (Å²) < 4.78 is 11.7. The molecule has 2 heterocycles. The molecule has 10 atom stereocenters. The molecule has 5 aliphatic carbocycles. The van der Waals surface area contributed by atoms with E-state index in [0.29, 0.717) is 31.3 Å². The molecule has 4 saturated carbocycles. The zero-order valence-electron chi connectivity index (χ0n) is 33.6. The molecule has 51 heavy (non-hydrogen) atoms. The lowest BCUT2D eigenvalue weighted by atomic mass is 9.33. The molecule has 8 nitrogen and oxygen atoms in total. The number of ether oxygens (including phenoxy) is 2. The van der Waals surface area contributed by atoms with Gasteiger partial charge in [0.25, 0.3) is 0 Å². The van der Waals surface area contributed by atoms with Gasteiger partial charge in [0, 0.05) is 43.9 Å². The standard InChI is InChI=1S/C43H66N2O6/c1-25(2)34-30(47)22-43(36(48)45-27-12-13-28(45)24-44(23-27)37(49)51-38(4,5)6)21-20-41(10)29(35(34)43)14-15-32-40(9)18-17-33(50-26(3)46)39(7,8)31(40)16-19-42(32,41)11/h25,27-29,31-33H,12-24H2,1-11H3/t27?,28?,29-,31+,32-,33+,40+,41-,42-,43-/m1/s1. The van der Waals surface area contributed by atoms with Gasteiger partial charge in [0.1, 0.15) is 11.7 Å². The zero-order valence-corrected chi connectivity index (χ0v) is 33.6. The predicted molar refractivity (Wildman–Crippen MR) is 196 cm³/mol. The van der Waals surface area contributed by atoms with Crippen LogP contribution in [-0.2, 0) is 23.9 Å². The Balaban J connectivity index is 1.21. The van der Waals surface area contributed by atoms with Crippen LogP contribution in [0.15, 0.2) is 11.1 Å². The number of allylic oxidation sites excluding steroid dienone is 1. The number of carbonyl (C=O) groups excluding carboxylic acids is 4. The number of nitrogens with zero attached hydrogens (tertiary/aromatic N) is 2. The number of hydrogen-bond acceptors (Lipinski definition) is 6. The Bertz CT molecular complexity index is 1530. The summed E-state index contributed by atoms with van der Waals surface area (Å²) in [5.41, 5.74) is 0.899. The average molecular weight is 707 g/mol. The minimum atomic E-state index is -0.774. The number of carbonyl (C=O) groups is 4. The molecule has 0 aromatic rings. The molecule has 8 heteroatoms. The monoisotopic (exact) mass is 706 g/mol. The topological polar surface area (TPSA) is 93.2 Å². The van der Waals surface area contributed by atoms with Crippen molar-refractivity contribution < 1.29 is 28.7 Å². The van der Waals surface area contributed by atoms with E-state index in [-0.39, 0.29) is 75.4 Å². The van der Waals surface area contributed by atoms with Gasteiger partial charge < -0.3 is 19.3 Å². The molecule has 0 N–H and O–H groups in total. The second-order valence-electron chi connectivity index (χ2n) is 20.7. The third-order valence-electron chi connectivity index (χ3n) is 16.5. The lowest BCUT2D eigenvalue weighted by molar-refractivity contribution is -0.233. The fraction of sp³-hybridized carbons (Fsp3) is 0.860. The average Bonchev–Trinajstić information content (AvgIpc) is 3.46. The first kappa shape index (κ1) is 37.0. The highest BCUT2D eigenvalue weighted by atomic mass is 16.6. The first-order valence-electron chi connectivity index (χ1n) is 20.4. The van der Waals surface area contributed by atoms with Gasteiger partial charge in [-0.1, -0.05) is 48.5 Å². The number of esters is 1. The number of amides is 2. The lowest BCUT2D eigenvalue weighted by Crippen LogP contribution is -2.67. The van der Waals surface area contributed by atoms with Crippen LogP contribution >= 0.6 is 0 Å². The molecule has 7 rings (SSSR count). The number of hydrogen-bond donors (Lipinski definition) is 0. The van der Waals surface area contributed by atoms with Crippen molar-refractivity contribution in [2.75, 3.05) is 13.1 Å². The molecule has 0 aromatic heterocycles. The van der Waals surface area contributed by atoms with Crippen LogP contribution in [0.5, 0.6) is 0 Å². The van der Waals surface area contributed by atoms with Gasteiger partial charge in [-0.3, -0.25) is 14.4 Å². The molecule has 2 unspecified atom stereocenters. The van der Waals surface area contributed by atoms with Crippen molar-refractivity contribution in [3.8, 4) is 0 Å². The van der Waals surface area contributed by atoms with Gasteiger partial charge in [-0.15, -0.1) is 0 Å². The molecule has 2 amide bonds. The van der Waals surface area contributed by atoms with Gasteiger partial charge in [-0.25, -0.2) is 4.79 Å². The molecule has 2 saturated heterocycles. The third-order valence-corrected chi connectivity index (χ3v) is 16.5. The van der Waals surface area contributed by atoms with Crippen molar-refractivity contribution in [2.45, 2.75) is 171 Å². The van der Waals surface area contributed by atoms with E-state index in [9.17, 15) is 14.4 Å². The molecule has 7 aliphatic rings. The minimum absolute atomic E-state index is 0.0287. The Morgan fingerprint density at radius 3 is 2.04 bits per heavy atom. The maximum Gasteiger partial charge on any atom is 0.410 e. The summed E-state index contributed by atoms with van der Waals surface area (Å²) in [6.07, 6.45) is 9.72. The predicted octanol–water partition coefficient (Wildman–Crippen LogP) is 8.51. The SMILES string of the molecule is CC(=O)O[C@H]1CC[C@]2(C)[C@H]3CC[C@@H]4C5=C(C(C)C)C(=O)C[C@]5(C(=O)N5C6CCC5CN(C(=O)OC(C)(C)C)C6)CC[C@@]4(C)[C@]3(C)CC[C@H]2C1(C)C. The highest BCUT2D eigenvalue weighted by Crippen LogP contribution is 2.77. The van der Waals surface area contributed by atoms with E-state index in [1.807, 2.05) is 25.7 Å². The van der Waals surface area contributed by atoms with Crippen LogP contribution in [-0.4, -0.2) is 70.4 Å². The zero-order chi connectivity index (χ0) is 37.3. The Labute approximate surface area is 307 Å². The second kappa shape index (κ2) is 11.8. The quantitative estimate of drug-likeness (QED) is 0.273. The van der Waals surface area contributed by atoms with Gasteiger partial charge >= 0.3 is 12.1 Å². The van der Waals surface area contributed by atoms with Crippen molar-refractivity contribution in [1.82, 2.24) is 9.80 Å². The number of rotatable bonds is 3. The van der Waals surface area contributed by atoms with Crippen LogP contribution in [0.4, 0.5) is 4.79 Å². The molecule has 0 spiro atoms. The van der Waals surface area contributed by atoms with E-state index in [2.05, 4.69) is 53.4 Å². The summed E-state index contributed by atoms with van der Waals surface area (Å²) in [5.74, 6) is 1.44. The van der Waals surface area contributed by atoms with Gasteiger partial charge in [-0.05, 0) is 136 Å². The van der Waals surface area contributed by atoms with Crippen LogP contribution < -0.4 is 0 Å². The van der Waals surface area contributed by atoms with Crippen LogP contribution in [0.1, 0.15) is 147 Å². The molecule has 0 aromatic carbocycles. The number of ketones is 1. The maximum absolute atomic E-state index is 15.4. The Hall–Kier alpha value is -2.38. The van der Waals surface area contributed by atoms with Crippen molar-refractivity contribution >= 4 is 23.8 Å². The van der Waals surface area contributed by atoms with Crippen LogP contribution in [0.25, 0.3) is 0 Å². The Morgan fingerprint density at radius 2 is 1.45 bits per heavy atom. The van der Waals surface area contributed by atoms with Gasteiger partial charge in [0.2, 0.25) is 5.91 Å². The molecule has 284 valence electrons. The van der Waals surface area contributed by atoms with E-state index in [1.54, 1.807) is 6.92 Å². The smallest absolute Gasteiger partial charge is 0.410 e. The first-order valence-corrected chi connectivity index (χ1v) is 20.4. The van der Waals surface area contributed by atoms with E-state index in [0.717, 1.165) is 69.8 Å². The molecular weight excluding hydrogens is 640 g/mol.